The van der Waals surface area contributed by atoms with E-state index in [0.29, 0.717) is 30.3 Å². The van der Waals surface area contributed by atoms with Crippen LogP contribution in [0.1, 0.15) is 63.5 Å². The molecule has 1 aliphatic rings. The van der Waals surface area contributed by atoms with E-state index in [9.17, 15) is 24.0 Å². The van der Waals surface area contributed by atoms with E-state index in [2.05, 4.69) is 5.32 Å². The maximum absolute atomic E-state index is 12.4. The number of esters is 2. The monoisotopic (exact) mass is 487 g/mol. The first kappa shape index (κ1) is 25.5. The second kappa shape index (κ2) is 11.3. The van der Waals surface area contributed by atoms with Crippen molar-refractivity contribution < 1.29 is 47.3 Å². The third-order valence-electron chi connectivity index (χ3n) is 4.95. The van der Waals surface area contributed by atoms with Crippen LogP contribution in [0.3, 0.4) is 0 Å². The van der Waals surface area contributed by atoms with Gasteiger partial charge in [0.05, 0.1) is 18.6 Å². The molecule has 2 aromatic rings. The maximum Gasteiger partial charge on any atom is 0.344 e. The van der Waals surface area contributed by atoms with Crippen LogP contribution in [0.4, 0.5) is 5.88 Å². The fourth-order valence-electron chi connectivity index (χ4n) is 3.41. The fourth-order valence-corrected chi connectivity index (χ4v) is 3.41. The number of hydrogen-bond donors (Lipinski definition) is 1. The quantitative estimate of drug-likeness (QED) is 0.392. The molecule has 1 aromatic carbocycles. The van der Waals surface area contributed by atoms with Gasteiger partial charge >= 0.3 is 11.9 Å². The van der Waals surface area contributed by atoms with Crippen molar-refractivity contribution >= 4 is 35.3 Å². The number of nitrogens with one attached hydrogen (secondary N) is 1. The number of carbonyl (C=O) groups is 5. The summed E-state index contributed by atoms with van der Waals surface area (Å²) >= 11 is 0. The van der Waals surface area contributed by atoms with E-state index in [1.807, 2.05) is 0 Å². The lowest BCUT2D eigenvalue weighted by Gasteiger charge is -2.18. The van der Waals surface area contributed by atoms with E-state index in [1.54, 1.807) is 25.1 Å². The average Bonchev–Trinajstić information content (AvgIpc) is 3.16. The van der Waals surface area contributed by atoms with Gasteiger partial charge in [0.2, 0.25) is 5.88 Å². The number of hydrogen-bond acceptors (Lipinski definition) is 10. The van der Waals surface area contributed by atoms with Gasteiger partial charge in [-0.15, -0.1) is 0 Å². The molecule has 1 amide bonds. The molecule has 3 rings (SSSR count). The van der Waals surface area contributed by atoms with Crippen LogP contribution in [0.25, 0.3) is 0 Å². The van der Waals surface area contributed by atoms with Gasteiger partial charge in [0.1, 0.15) is 24.5 Å². The lowest BCUT2D eigenvalue weighted by Crippen LogP contribution is -2.22. The molecule has 1 aliphatic heterocycles. The zero-order valence-corrected chi connectivity index (χ0v) is 19.6. The molecule has 186 valence electrons. The molecule has 35 heavy (non-hydrogen) atoms. The fraction of sp³-hybridized carbons (Fsp3) is 0.375. The maximum atomic E-state index is 12.4. The van der Waals surface area contributed by atoms with Crippen LogP contribution in [0, 0.1) is 6.92 Å². The highest BCUT2D eigenvalue weighted by molar-refractivity contribution is 6.10. The second-order valence-electron chi connectivity index (χ2n) is 7.50. The second-order valence-corrected chi connectivity index (χ2v) is 7.50. The van der Waals surface area contributed by atoms with Crippen molar-refractivity contribution in [2.45, 2.75) is 33.6 Å². The highest BCUT2D eigenvalue weighted by Gasteiger charge is 2.29. The standard InChI is InChI=1S/C24H25NO10/c1-4-31-24(30)22-21(13(2)26)14(3)35-23(22)25-19(28)12-34-20(29)8-6-16(27)15-5-7-17-18(11-15)33-10-9-32-17/h5,7,11H,4,6,8-10,12H2,1-3H3,(H,25,28). The van der Waals surface area contributed by atoms with Crippen LogP contribution in [0.2, 0.25) is 0 Å². The summed E-state index contributed by atoms with van der Waals surface area (Å²) < 4.78 is 26.1. The number of benzene rings is 1. The number of furan rings is 1. The predicted octanol–water partition coefficient (Wildman–Crippen LogP) is 2.88. The number of rotatable bonds is 10. The molecule has 0 spiro atoms. The van der Waals surface area contributed by atoms with E-state index in [-0.39, 0.29) is 48.0 Å². The summed E-state index contributed by atoms with van der Waals surface area (Å²) in [6.07, 6.45) is -0.380. The Morgan fingerprint density at radius 1 is 0.971 bits per heavy atom. The minimum absolute atomic E-state index is 0.00611. The topological polar surface area (TPSA) is 147 Å². The van der Waals surface area contributed by atoms with Crippen molar-refractivity contribution in [3.05, 3.63) is 40.6 Å². The molecule has 0 saturated carbocycles. The van der Waals surface area contributed by atoms with E-state index in [4.69, 9.17) is 23.4 Å². The lowest BCUT2D eigenvalue weighted by molar-refractivity contribution is -0.147. The first-order valence-electron chi connectivity index (χ1n) is 10.9. The molecule has 0 saturated heterocycles. The molecule has 0 fully saturated rings. The van der Waals surface area contributed by atoms with Crippen LogP contribution in [-0.4, -0.2) is 55.8 Å². The molecular weight excluding hydrogens is 462 g/mol. The smallest absolute Gasteiger partial charge is 0.344 e. The van der Waals surface area contributed by atoms with Gasteiger partial charge in [0.25, 0.3) is 5.91 Å². The van der Waals surface area contributed by atoms with Crippen molar-refractivity contribution in [2.75, 3.05) is 31.7 Å². The van der Waals surface area contributed by atoms with Gasteiger partial charge in [-0.3, -0.25) is 24.5 Å². The molecule has 0 unspecified atom stereocenters. The van der Waals surface area contributed by atoms with Crippen LogP contribution in [-0.2, 0) is 19.1 Å². The number of amides is 1. The Morgan fingerprint density at radius 3 is 2.37 bits per heavy atom. The van der Waals surface area contributed by atoms with Crippen molar-refractivity contribution in [2.24, 2.45) is 0 Å². The zero-order chi connectivity index (χ0) is 25.5. The molecule has 0 aliphatic carbocycles. The number of carbonyl (C=O) groups excluding carboxylic acids is 5. The van der Waals surface area contributed by atoms with Crippen molar-refractivity contribution in [3.63, 3.8) is 0 Å². The summed E-state index contributed by atoms with van der Waals surface area (Å²) in [5.41, 5.74) is 0.149. The SMILES string of the molecule is CCOC(=O)c1c(NC(=O)COC(=O)CCC(=O)c2ccc3c(c2)OCCO3)oc(C)c1C(C)=O. The Morgan fingerprint density at radius 2 is 1.69 bits per heavy atom. The summed E-state index contributed by atoms with van der Waals surface area (Å²) in [5.74, 6) is -2.28. The lowest BCUT2D eigenvalue weighted by atomic mass is 10.1. The number of Topliss-reactive ketones (excluding diaryl/α,β-unsaturated/α-hetero) is 2. The van der Waals surface area contributed by atoms with Gasteiger partial charge in [-0.05, 0) is 39.0 Å². The molecule has 11 heteroatoms. The van der Waals surface area contributed by atoms with Crippen molar-refractivity contribution in [1.29, 1.82) is 0 Å². The van der Waals surface area contributed by atoms with Gasteiger partial charge in [-0.2, -0.15) is 0 Å². The molecule has 0 radical (unpaired) electrons. The minimum atomic E-state index is -0.834. The Kier molecular flexibility index (Phi) is 8.24. The van der Waals surface area contributed by atoms with E-state index >= 15 is 0 Å². The molecule has 0 bridgehead atoms. The highest BCUT2D eigenvalue weighted by atomic mass is 16.6. The Balaban J connectivity index is 1.53. The largest absolute Gasteiger partial charge is 0.486 e. The molecule has 1 aromatic heterocycles. The average molecular weight is 487 g/mol. The highest BCUT2D eigenvalue weighted by Crippen LogP contribution is 2.31. The normalized spacial score (nSPS) is 12.0. The van der Waals surface area contributed by atoms with Gasteiger partial charge in [0, 0.05) is 12.0 Å². The summed E-state index contributed by atoms with van der Waals surface area (Å²) in [6.45, 7) is 4.49. The predicted molar refractivity (Wildman–Crippen MR) is 120 cm³/mol. The summed E-state index contributed by atoms with van der Waals surface area (Å²) in [6, 6.07) is 4.76. The van der Waals surface area contributed by atoms with Gasteiger partial charge in [0.15, 0.2) is 29.7 Å². The third kappa shape index (κ3) is 6.25. The molecular formula is C24H25NO10. The van der Waals surface area contributed by atoms with Gasteiger partial charge < -0.3 is 23.4 Å². The molecule has 0 atom stereocenters. The molecule has 1 N–H and O–H groups in total. The van der Waals surface area contributed by atoms with E-state index in [0.717, 1.165) is 0 Å². The van der Waals surface area contributed by atoms with Crippen LogP contribution >= 0.6 is 0 Å². The number of aryl methyl sites for hydroxylation is 1. The van der Waals surface area contributed by atoms with Crippen molar-refractivity contribution in [3.8, 4) is 11.5 Å². The zero-order valence-electron chi connectivity index (χ0n) is 19.6. The molecule has 2 heterocycles. The number of ether oxygens (including phenoxy) is 4. The van der Waals surface area contributed by atoms with E-state index in [1.165, 1.54) is 13.8 Å². The van der Waals surface area contributed by atoms with Crippen LogP contribution < -0.4 is 14.8 Å². The number of anilines is 1. The van der Waals surface area contributed by atoms with Crippen LogP contribution in [0.5, 0.6) is 11.5 Å². The van der Waals surface area contributed by atoms with E-state index < -0.39 is 30.2 Å². The third-order valence-corrected chi connectivity index (χ3v) is 4.95. The van der Waals surface area contributed by atoms with Crippen molar-refractivity contribution in [1.82, 2.24) is 0 Å². The first-order valence-corrected chi connectivity index (χ1v) is 10.9. The summed E-state index contributed by atoms with van der Waals surface area (Å²) in [4.78, 5) is 60.9. The Hall–Kier alpha value is -4.15. The molecule has 11 nitrogen and oxygen atoms in total. The summed E-state index contributed by atoms with van der Waals surface area (Å²) in [5, 5.41) is 2.31. The first-order chi connectivity index (χ1) is 16.7. The number of ketones is 2. The van der Waals surface area contributed by atoms with Gasteiger partial charge in [-0.1, -0.05) is 0 Å². The van der Waals surface area contributed by atoms with Gasteiger partial charge in [-0.25, -0.2) is 4.79 Å². The number of fused-ring (bicyclic) bond motifs is 1. The minimum Gasteiger partial charge on any atom is -0.486 e. The Labute approximate surface area is 200 Å². The summed E-state index contributed by atoms with van der Waals surface area (Å²) in [7, 11) is 0. The Bertz CT molecular complexity index is 1160. The van der Waals surface area contributed by atoms with Crippen LogP contribution in [0.15, 0.2) is 22.6 Å².